The standard InChI is InChI=1S/C43H82NO10P/c1-3-5-7-9-11-13-15-17-19-20-21-23-25-27-29-31-33-35-42(46)54-39(37-52-55(49,50)53-38-40(44)43(47)48)36-51-41(45)34-32-30-28-26-24-22-18-16-14-12-10-8-6-4-2/h16,18,39-40H,3-15,17,19-38,44H2,1-2H3,(H,47,48)(H,49,50)/b18-16+/t39-,40+/m1/s1. The van der Waals surface area contributed by atoms with Crippen molar-refractivity contribution >= 4 is 25.7 Å². The van der Waals surface area contributed by atoms with Gasteiger partial charge in [-0.3, -0.25) is 23.4 Å². The molecule has 0 aromatic rings. The van der Waals surface area contributed by atoms with Crippen molar-refractivity contribution in [3.05, 3.63) is 12.2 Å². The van der Waals surface area contributed by atoms with Gasteiger partial charge in [0, 0.05) is 12.8 Å². The average Bonchev–Trinajstić information content (AvgIpc) is 3.16. The van der Waals surface area contributed by atoms with Gasteiger partial charge in [-0.15, -0.1) is 0 Å². The molecule has 0 aliphatic carbocycles. The van der Waals surface area contributed by atoms with E-state index >= 15 is 0 Å². The minimum atomic E-state index is -4.71. The number of carbonyl (C=O) groups excluding carboxylic acids is 2. The number of carbonyl (C=O) groups is 3. The molecule has 11 nitrogen and oxygen atoms in total. The van der Waals surface area contributed by atoms with E-state index in [-0.39, 0.29) is 19.4 Å². The third-order valence-corrected chi connectivity index (χ3v) is 10.7. The summed E-state index contributed by atoms with van der Waals surface area (Å²) >= 11 is 0. The molecular weight excluding hydrogens is 721 g/mol. The highest BCUT2D eigenvalue weighted by molar-refractivity contribution is 7.47. The summed E-state index contributed by atoms with van der Waals surface area (Å²) in [6, 6.07) is -1.52. The lowest BCUT2D eigenvalue weighted by Crippen LogP contribution is -2.34. The van der Waals surface area contributed by atoms with Gasteiger partial charge < -0.3 is 25.2 Å². The Balaban J connectivity index is 4.33. The second-order valence-electron chi connectivity index (χ2n) is 15.2. The van der Waals surface area contributed by atoms with E-state index in [1.165, 1.54) is 116 Å². The summed E-state index contributed by atoms with van der Waals surface area (Å²) in [7, 11) is -4.71. The maximum absolute atomic E-state index is 12.6. The summed E-state index contributed by atoms with van der Waals surface area (Å²) in [5.41, 5.74) is 5.33. The van der Waals surface area contributed by atoms with Crippen LogP contribution in [0.15, 0.2) is 12.2 Å². The highest BCUT2D eigenvalue weighted by atomic mass is 31.2. The van der Waals surface area contributed by atoms with E-state index in [9.17, 15) is 23.8 Å². The number of carboxylic acid groups (broad SMARTS) is 1. The summed E-state index contributed by atoms with van der Waals surface area (Å²) in [5.74, 6) is -2.38. The molecule has 1 unspecified atom stereocenters. The van der Waals surface area contributed by atoms with Crippen LogP contribution in [0.25, 0.3) is 0 Å². The normalized spacial score (nSPS) is 13.8. The molecule has 0 saturated carbocycles. The third kappa shape index (κ3) is 38.9. The van der Waals surface area contributed by atoms with Crippen molar-refractivity contribution in [1.82, 2.24) is 0 Å². The Morgan fingerprint density at radius 3 is 1.33 bits per heavy atom. The van der Waals surface area contributed by atoms with E-state index < -0.39 is 51.1 Å². The van der Waals surface area contributed by atoms with Crippen LogP contribution < -0.4 is 5.73 Å². The fourth-order valence-electron chi connectivity index (χ4n) is 6.24. The lowest BCUT2D eigenvalue weighted by Gasteiger charge is -2.20. The first-order valence-electron chi connectivity index (χ1n) is 22.2. The van der Waals surface area contributed by atoms with Crippen molar-refractivity contribution < 1.29 is 47.5 Å². The number of nitrogens with two attached hydrogens (primary N) is 1. The first kappa shape index (κ1) is 53.2. The first-order chi connectivity index (χ1) is 26.6. The summed E-state index contributed by atoms with van der Waals surface area (Å²) in [4.78, 5) is 45.9. The van der Waals surface area contributed by atoms with Gasteiger partial charge in [0.25, 0.3) is 0 Å². The second kappa shape index (κ2) is 39.1. The van der Waals surface area contributed by atoms with Crippen LogP contribution in [0.3, 0.4) is 0 Å². The highest BCUT2D eigenvalue weighted by Crippen LogP contribution is 2.43. The largest absolute Gasteiger partial charge is 0.480 e. The number of allylic oxidation sites excluding steroid dienone is 2. The fourth-order valence-corrected chi connectivity index (χ4v) is 7.02. The molecule has 0 bridgehead atoms. The molecule has 324 valence electrons. The smallest absolute Gasteiger partial charge is 0.472 e. The van der Waals surface area contributed by atoms with E-state index in [2.05, 4.69) is 30.5 Å². The van der Waals surface area contributed by atoms with Gasteiger partial charge in [-0.2, -0.15) is 0 Å². The van der Waals surface area contributed by atoms with Crippen LogP contribution in [-0.2, 0) is 37.5 Å². The van der Waals surface area contributed by atoms with E-state index in [0.29, 0.717) is 12.8 Å². The number of unbranched alkanes of at least 4 members (excludes halogenated alkanes) is 26. The van der Waals surface area contributed by atoms with E-state index in [0.717, 1.165) is 57.8 Å². The maximum atomic E-state index is 12.6. The van der Waals surface area contributed by atoms with Gasteiger partial charge in [-0.1, -0.05) is 174 Å². The number of rotatable bonds is 42. The molecule has 0 aliphatic rings. The minimum Gasteiger partial charge on any atom is -0.480 e. The number of hydrogen-bond donors (Lipinski definition) is 3. The zero-order valence-corrected chi connectivity index (χ0v) is 35.9. The Bertz CT molecular complexity index is 995. The molecule has 0 saturated heterocycles. The van der Waals surface area contributed by atoms with Crippen molar-refractivity contribution in [2.75, 3.05) is 19.8 Å². The number of ether oxygens (including phenoxy) is 2. The molecule has 55 heavy (non-hydrogen) atoms. The number of aliphatic carboxylic acids is 1. The lowest BCUT2D eigenvalue weighted by atomic mass is 10.0. The summed E-state index contributed by atoms with van der Waals surface area (Å²) in [6.07, 6.45) is 38.4. The molecule has 0 fully saturated rings. The van der Waals surface area contributed by atoms with Crippen LogP contribution in [0.5, 0.6) is 0 Å². The number of phosphoric acid groups is 1. The van der Waals surface area contributed by atoms with Gasteiger partial charge in [-0.25, -0.2) is 4.57 Å². The Morgan fingerprint density at radius 2 is 0.909 bits per heavy atom. The summed E-state index contributed by atoms with van der Waals surface area (Å²) in [5, 5.41) is 8.89. The van der Waals surface area contributed by atoms with E-state index in [1.54, 1.807) is 0 Å². The van der Waals surface area contributed by atoms with Gasteiger partial charge in [0.05, 0.1) is 13.2 Å². The molecule has 0 radical (unpaired) electrons. The molecule has 12 heteroatoms. The monoisotopic (exact) mass is 804 g/mol. The number of hydrogen-bond acceptors (Lipinski definition) is 9. The van der Waals surface area contributed by atoms with Crippen LogP contribution in [-0.4, -0.2) is 59.9 Å². The minimum absolute atomic E-state index is 0.165. The van der Waals surface area contributed by atoms with Crippen LogP contribution >= 0.6 is 7.82 Å². The predicted octanol–water partition coefficient (Wildman–Crippen LogP) is 11.7. The molecular formula is C43H82NO10P. The summed E-state index contributed by atoms with van der Waals surface area (Å²) in [6.45, 7) is 2.81. The van der Waals surface area contributed by atoms with Crippen LogP contribution in [0.4, 0.5) is 0 Å². The molecule has 0 spiro atoms. The third-order valence-electron chi connectivity index (χ3n) is 9.76. The maximum Gasteiger partial charge on any atom is 0.472 e. The van der Waals surface area contributed by atoms with Crippen molar-refractivity contribution in [3.63, 3.8) is 0 Å². The second-order valence-corrected chi connectivity index (χ2v) is 16.6. The molecule has 0 rings (SSSR count). The molecule has 0 heterocycles. The lowest BCUT2D eigenvalue weighted by molar-refractivity contribution is -0.161. The van der Waals surface area contributed by atoms with Crippen molar-refractivity contribution in [2.24, 2.45) is 5.73 Å². The van der Waals surface area contributed by atoms with Crippen LogP contribution in [0.1, 0.15) is 213 Å². The Morgan fingerprint density at radius 1 is 0.545 bits per heavy atom. The zero-order chi connectivity index (χ0) is 40.7. The van der Waals surface area contributed by atoms with Gasteiger partial charge in [0.1, 0.15) is 12.6 Å². The predicted molar refractivity (Wildman–Crippen MR) is 222 cm³/mol. The Kier molecular flexibility index (Phi) is 37.8. The fraction of sp³-hybridized carbons (Fsp3) is 0.884. The van der Waals surface area contributed by atoms with Gasteiger partial charge in [0.15, 0.2) is 6.10 Å². The molecule has 0 aromatic heterocycles. The zero-order valence-electron chi connectivity index (χ0n) is 35.0. The van der Waals surface area contributed by atoms with E-state index in [4.69, 9.17) is 24.8 Å². The van der Waals surface area contributed by atoms with Crippen LogP contribution in [0, 0.1) is 0 Å². The van der Waals surface area contributed by atoms with Gasteiger partial charge in [0.2, 0.25) is 0 Å². The Labute approximate surface area is 335 Å². The van der Waals surface area contributed by atoms with Crippen molar-refractivity contribution in [2.45, 2.75) is 225 Å². The summed E-state index contributed by atoms with van der Waals surface area (Å²) < 4.78 is 32.7. The number of phosphoric ester groups is 1. The molecule has 0 amide bonds. The van der Waals surface area contributed by atoms with Crippen molar-refractivity contribution in [3.8, 4) is 0 Å². The number of carboxylic acids is 1. The Hall–Kier alpha value is -1.78. The highest BCUT2D eigenvalue weighted by Gasteiger charge is 2.28. The molecule has 4 N–H and O–H groups in total. The van der Waals surface area contributed by atoms with E-state index in [1.807, 2.05) is 0 Å². The topological polar surface area (TPSA) is 172 Å². The van der Waals surface area contributed by atoms with Gasteiger partial charge in [-0.05, 0) is 38.5 Å². The van der Waals surface area contributed by atoms with Crippen LogP contribution in [0.2, 0.25) is 0 Å². The van der Waals surface area contributed by atoms with Gasteiger partial charge >= 0.3 is 25.7 Å². The first-order valence-corrected chi connectivity index (χ1v) is 23.7. The SMILES string of the molecule is CCCCCCC/C=C/CCCCCCCC(=O)OC[C@H](COP(=O)(O)OC[C@H](N)C(=O)O)OC(=O)CCCCCCCCCCCCCCCCCCC. The molecule has 0 aliphatic heterocycles. The average molecular weight is 804 g/mol. The quantitative estimate of drug-likeness (QED) is 0.0232. The van der Waals surface area contributed by atoms with Crippen molar-refractivity contribution in [1.29, 1.82) is 0 Å². The number of esters is 2. The molecule has 0 aromatic carbocycles. The molecule has 3 atom stereocenters.